The summed E-state index contributed by atoms with van der Waals surface area (Å²) in [5.74, 6) is -0.701. The van der Waals surface area contributed by atoms with Crippen LogP contribution in [0.4, 0.5) is 5.69 Å². The number of carbonyl (C=O) groups excluding carboxylic acids is 2. The largest absolute Gasteiger partial charge is 0.352 e. The maximum absolute atomic E-state index is 14.2. The van der Waals surface area contributed by atoms with Gasteiger partial charge in [0.1, 0.15) is 12.6 Å². The Labute approximate surface area is 239 Å². The Morgan fingerprint density at radius 2 is 1.48 bits per heavy atom. The maximum atomic E-state index is 14.2. The molecule has 8 heteroatoms. The summed E-state index contributed by atoms with van der Waals surface area (Å²) in [4.78, 5) is 29.1. The molecule has 0 saturated heterocycles. The second kappa shape index (κ2) is 13.6. The molecule has 0 unspecified atom stereocenters. The Hall–Kier alpha value is -3.65. The van der Waals surface area contributed by atoms with Crippen LogP contribution in [-0.2, 0) is 26.2 Å². The smallest absolute Gasteiger partial charge is 0.264 e. The van der Waals surface area contributed by atoms with E-state index in [9.17, 15) is 18.0 Å². The number of benzene rings is 3. The Bertz CT molecular complexity index is 1410. The first-order valence-corrected chi connectivity index (χ1v) is 15.2. The molecule has 2 atom stereocenters. The zero-order chi connectivity index (χ0) is 29.4. The van der Waals surface area contributed by atoms with Gasteiger partial charge >= 0.3 is 0 Å². The van der Waals surface area contributed by atoms with E-state index in [0.717, 1.165) is 28.7 Å². The fraction of sp³-hybridized carbons (Fsp3) is 0.375. The van der Waals surface area contributed by atoms with Crippen molar-refractivity contribution < 1.29 is 18.0 Å². The maximum Gasteiger partial charge on any atom is 0.264 e. The summed E-state index contributed by atoms with van der Waals surface area (Å²) in [7, 11) is -4.09. The highest BCUT2D eigenvalue weighted by molar-refractivity contribution is 7.92. The van der Waals surface area contributed by atoms with Gasteiger partial charge in [0.25, 0.3) is 10.0 Å². The third-order valence-electron chi connectivity index (χ3n) is 7.09. The summed E-state index contributed by atoms with van der Waals surface area (Å²) in [6.45, 7) is 11.2. The van der Waals surface area contributed by atoms with E-state index in [1.165, 1.54) is 21.3 Å². The van der Waals surface area contributed by atoms with E-state index in [1.54, 1.807) is 24.3 Å². The van der Waals surface area contributed by atoms with Crippen molar-refractivity contribution in [3.8, 4) is 0 Å². The zero-order valence-electron chi connectivity index (χ0n) is 24.3. The minimum Gasteiger partial charge on any atom is -0.352 e. The molecular weight excluding hydrogens is 522 g/mol. The highest BCUT2D eigenvalue weighted by atomic mass is 32.2. The SMILES string of the molecule is CC[C@@H](C)NC(=O)[C@H](CC)N(Cc1ccc(C)cc1)C(=O)CN(c1ccc(C)cc1C)S(=O)(=O)c1ccccc1. The number of hydrogen-bond acceptors (Lipinski definition) is 4. The van der Waals surface area contributed by atoms with Crippen molar-refractivity contribution in [1.29, 1.82) is 0 Å². The predicted octanol–water partition coefficient (Wildman–Crippen LogP) is 5.53. The van der Waals surface area contributed by atoms with Gasteiger partial charge in [-0.15, -0.1) is 0 Å². The summed E-state index contributed by atoms with van der Waals surface area (Å²) < 4.78 is 29.1. The van der Waals surface area contributed by atoms with Crippen LogP contribution in [0.5, 0.6) is 0 Å². The first kappa shape index (κ1) is 30.9. The molecule has 0 heterocycles. The average Bonchev–Trinajstić information content (AvgIpc) is 2.93. The van der Waals surface area contributed by atoms with Crippen LogP contribution in [0.25, 0.3) is 0 Å². The Morgan fingerprint density at radius 3 is 2.05 bits per heavy atom. The Balaban J connectivity index is 2.07. The molecule has 0 radical (unpaired) electrons. The fourth-order valence-electron chi connectivity index (χ4n) is 4.57. The van der Waals surface area contributed by atoms with Gasteiger partial charge in [-0.1, -0.05) is 79.6 Å². The molecule has 0 bridgehead atoms. The van der Waals surface area contributed by atoms with Crippen LogP contribution >= 0.6 is 0 Å². The molecule has 0 aliphatic heterocycles. The van der Waals surface area contributed by atoms with Crippen LogP contribution in [0.2, 0.25) is 0 Å². The van der Waals surface area contributed by atoms with E-state index in [4.69, 9.17) is 0 Å². The molecule has 0 spiro atoms. The summed E-state index contributed by atoms with van der Waals surface area (Å²) in [5.41, 5.74) is 4.09. The van der Waals surface area contributed by atoms with Gasteiger partial charge < -0.3 is 10.2 Å². The first-order valence-electron chi connectivity index (χ1n) is 13.8. The standard InChI is InChI=1S/C32H41N3O4S/c1-7-26(6)33-32(37)29(8-2)34(21-27-17-14-23(3)15-18-27)31(36)22-35(30-19-16-24(4)20-25(30)5)40(38,39)28-12-10-9-11-13-28/h9-20,26,29H,7-8,21-22H2,1-6H3,(H,33,37)/t26-,29+/m1/s1. The van der Waals surface area contributed by atoms with Crippen LogP contribution in [0.3, 0.4) is 0 Å². The van der Waals surface area contributed by atoms with Gasteiger partial charge in [0.2, 0.25) is 11.8 Å². The lowest BCUT2D eigenvalue weighted by molar-refractivity contribution is -0.140. The number of nitrogens with zero attached hydrogens (tertiary/aromatic N) is 2. The molecule has 0 aliphatic carbocycles. The van der Waals surface area contributed by atoms with Crippen molar-refractivity contribution in [2.75, 3.05) is 10.8 Å². The van der Waals surface area contributed by atoms with E-state index in [2.05, 4.69) is 5.32 Å². The molecule has 0 aliphatic rings. The van der Waals surface area contributed by atoms with Crippen molar-refractivity contribution in [1.82, 2.24) is 10.2 Å². The van der Waals surface area contributed by atoms with E-state index in [0.29, 0.717) is 12.1 Å². The van der Waals surface area contributed by atoms with Gasteiger partial charge in [-0.2, -0.15) is 0 Å². The normalized spacial score (nSPS) is 12.8. The van der Waals surface area contributed by atoms with E-state index < -0.39 is 28.5 Å². The van der Waals surface area contributed by atoms with Crippen molar-refractivity contribution in [2.24, 2.45) is 0 Å². The van der Waals surface area contributed by atoms with Gasteiger partial charge in [-0.05, 0) is 69.9 Å². The van der Waals surface area contributed by atoms with Gasteiger partial charge in [-0.25, -0.2) is 8.42 Å². The minimum absolute atomic E-state index is 0.0527. The Kier molecular flexibility index (Phi) is 10.5. The summed E-state index contributed by atoms with van der Waals surface area (Å²) in [6.07, 6.45) is 1.14. The lowest BCUT2D eigenvalue weighted by Crippen LogP contribution is -2.53. The van der Waals surface area contributed by atoms with Crippen molar-refractivity contribution >= 4 is 27.5 Å². The topological polar surface area (TPSA) is 86.8 Å². The van der Waals surface area contributed by atoms with Crippen LogP contribution < -0.4 is 9.62 Å². The van der Waals surface area contributed by atoms with Crippen LogP contribution in [-0.4, -0.2) is 43.8 Å². The predicted molar refractivity (Wildman–Crippen MR) is 161 cm³/mol. The van der Waals surface area contributed by atoms with E-state index in [-0.39, 0.29) is 23.4 Å². The molecule has 2 amide bonds. The number of rotatable bonds is 12. The number of nitrogens with one attached hydrogen (secondary N) is 1. The number of carbonyl (C=O) groups is 2. The first-order chi connectivity index (χ1) is 19.0. The van der Waals surface area contributed by atoms with Crippen molar-refractivity contribution in [2.45, 2.75) is 77.9 Å². The second-order valence-electron chi connectivity index (χ2n) is 10.4. The minimum atomic E-state index is -4.09. The van der Waals surface area contributed by atoms with Gasteiger partial charge in [-0.3, -0.25) is 13.9 Å². The van der Waals surface area contributed by atoms with Gasteiger partial charge in [0.05, 0.1) is 10.6 Å². The third kappa shape index (κ3) is 7.50. The molecule has 214 valence electrons. The number of anilines is 1. The molecule has 40 heavy (non-hydrogen) atoms. The molecule has 3 aromatic rings. The number of sulfonamides is 1. The van der Waals surface area contributed by atoms with E-state index >= 15 is 0 Å². The van der Waals surface area contributed by atoms with Crippen molar-refractivity contribution in [3.63, 3.8) is 0 Å². The van der Waals surface area contributed by atoms with Crippen molar-refractivity contribution in [3.05, 3.63) is 95.1 Å². The van der Waals surface area contributed by atoms with Crippen LogP contribution in [0, 0.1) is 20.8 Å². The lowest BCUT2D eigenvalue weighted by Gasteiger charge is -2.34. The molecule has 7 nitrogen and oxygen atoms in total. The Morgan fingerprint density at radius 1 is 0.850 bits per heavy atom. The summed E-state index contributed by atoms with van der Waals surface area (Å²) in [6, 6.07) is 20.5. The summed E-state index contributed by atoms with van der Waals surface area (Å²) >= 11 is 0. The third-order valence-corrected chi connectivity index (χ3v) is 8.87. The highest BCUT2D eigenvalue weighted by Gasteiger charge is 2.34. The second-order valence-corrected chi connectivity index (χ2v) is 12.2. The number of hydrogen-bond donors (Lipinski definition) is 1. The molecule has 0 fully saturated rings. The zero-order valence-corrected chi connectivity index (χ0v) is 25.2. The number of amides is 2. The lowest BCUT2D eigenvalue weighted by atomic mass is 10.1. The molecular formula is C32H41N3O4S. The van der Waals surface area contributed by atoms with Gasteiger partial charge in [0, 0.05) is 12.6 Å². The fourth-order valence-corrected chi connectivity index (χ4v) is 6.07. The van der Waals surface area contributed by atoms with Crippen LogP contribution in [0.1, 0.15) is 55.9 Å². The number of aryl methyl sites for hydroxylation is 3. The summed E-state index contributed by atoms with van der Waals surface area (Å²) in [5, 5.41) is 3.00. The van der Waals surface area contributed by atoms with Crippen LogP contribution in [0.15, 0.2) is 77.7 Å². The average molecular weight is 564 g/mol. The van der Waals surface area contributed by atoms with Gasteiger partial charge in [0.15, 0.2) is 0 Å². The van der Waals surface area contributed by atoms with E-state index in [1.807, 2.05) is 77.9 Å². The highest BCUT2D eigenvalue weighted by Crippen LogP contribution is 2.28. The molecule has 3 rings (SSSR count). The quantitative estimate of drug-likeness (QED) is 0.314. The monoisotopic (exact) mass is 563 g/mol. The molecule has 1 N–H and O–H groups in total. The molecule has 3 aromatic carbocycles. The molecule has 0 saturated carbocycles. The molecule has 0 aromatic heterocycles.